The van der Waals surface area contributed by atoms with Crippen molar-refractivity contribution >= 4 is 16.9 Å². The fraction of sp³-hybridized carbons (Fsp3) is 0.784. The number of aliphatic hydroxyl groups is 5. The van der Waals surface area contributed by atoms with Crippen molar-refractivity contribution in [3.63, 3.8) is 0 Å². The summed E-state index contributed by atoms with van der Waals surface area (Å²) in [6.07, 6.45) is -7.18. The van der Waals surface area contributed by atoms with Gasteiger partial charge in [0.25, 0.3) is 5.56 Å². The molecule has 0 aliphatic carbocycles. The second-order valence-electron chi connectivity index (χ2n) is 21.8. The number of hydrogen-bond acceptors (Lipinski definition) is 18. The Morgan fingerprint density at radius 3 is 2.32 bits per heavy atom. The van der Waals surface area contributed by atoms with E-state index in [1.54, 1.807) is 83.6 Å². The first-order chi connectivity index (χ1) is 33.7. The van der Waals surface area contributed by atoms with Crippen LogP contribution in [0.3, 0.4) is 0 Å². The molecule has 406 valence electrons. The molecule has 0 unspecified atom stereocenters. The SMILES string of the molecule is CC[C@H]1OC(=O)[C@H](C)[C@@H](O[C@H]2C[C@@](C)(OC)[C@@H](O)[C@H](C)O2)[C@H](C)[C@@H](O[C@@H]2O[C@H](C)C[C@H](N(C)CCc3cn(CCn4c(=O)[nH]c5ccccc5c4=O)nn3)[C@H]2O)[C@](C)(O)C[C@@H](C)CN(C)[C@H](C)[C@@H](O)[C@]1(C)O. The van der Waals surface area contributed by atoms with Gasteiger partial charge in [-0.05, 0) is 99.9 Å². The van der Waals surface area contributed by atoms with Crippen molar-refractivity contribution in [2.75, 3.05) is 34.3 Å². The zero-order valence-corrected chi connectivity index (χ0v) is 44.5. The Labute approximate surface area is 422 Å². The molecule has 6 rings (SSSR count). The third-order valence-electron chi connectivity index (χ3n) is 15.9. The quantitative estimate of drug-likeness (QED) is 0.133. The van der Waals surface area contributed by atoms with Gasteiger partial charge < -0.3 is 68.7 Å². The number of nitrogens with zero attached hydrogens (tertiary/aromatic N) is 6. The molecule has 3 aliphatic rings. The standard InChI is InChI=1S/C51H83N7O14/c1-14-38-51(10,66)42(60)32(6)56(12)26-28(2)24-49(8,65)44(30(4)41(31(5)46(63)70-38)71-39-25-50(9,67-13)43(61)33(7)69-39)72-47-40(59)37(23-29(3)68-47)55(11)20-19-34-27-57(54-53-34)21-22-58-45(62)35-17-15-16-18-36(35)52-48(58)64/h15-18,27-33,37-44,47,59-61,65-66H,14,19-26H2,1-13H3,(H,52,64)/t28-,29-,30+,31-,32-,33+,37+,38-,39+,40-,41+,42-,43+,44-,47+,49-,50-,51-/m1/s1. The van der Waals surface area contributed by atoms with Crippen molar-refractivity contribution < 1.29 is 58.7 Å². The lowest BCUT2D eigenvalue weighted by molar-refractivity contribution is -0.318. The lowest BCUT2D eigenvalue weighted by Gasteiger charge is -2.49. The van der Waals surface area contributed by atoms with Gasteiger partial charge in [0, 0.05) is 57.2 Å². The summed E-state index contributed by atoms with van der Waals surface area (Å²) in [6, 6.07) is 5.78. The first-order valence-corrected chi connectivity index (χ1v) is 25.6. The van der Waals surface area contributed by atoms with Crippen LogP contribution in [0.4, 0.5) is 0 Å². The molecule has 3 fully saturated rings. The summed E-state index contributed by atoms with van der Waals surface area (Å²) in [6.45, 7) is 18.6. The zero-order chi connectivity index (χ0) is 53.2. The smallest absolute Gasteiger partial charge is 0.328 e. The number of carbonyl (C=O) groups is 1. The Morgan fingerprint density at radius 1 is 0.944 bits per heavy atom. The summed E-state index contributed by atoms with van der Waals surface area (Å²) in [7, 11) is 5.21. The molecule has 0 bridgehead atoms. The molecule has 0 saturated carbocycles. The topological polar surface area (TPSA) is 266 Å². The minimum Gasteiger partial charge on any atom is -0.459 e. The molecule has 1 aromatic carbocycles. The van der Waals surface area contributed by atoms with Gasteiger partial charge >= 0.3 is 11.7 Å². The average Bonchev–Trinajstić information content (AvgIpc) is 3.79. The van der Waals surface area contributed by atoms with Crippen LogP contribution < -0.4 is 11.2 Å². The summed E-state index contributed by atoms with van der Waals surface area (Å²) < 4.78 is 40.9. The fourth-order valence-electron chi connectivity index (χ4n) is 11.3. The van der Waals surface area contributed by atoms with Gasteiger partial charge in [0.15, 0.2) is 12.6 Å². The van der Waals surface area contributed by atoms with Crippen molar-refractivity contribution in [2.45, 2.75) is 205 Å². The number of nitrogens with one attached hydrogen (secondary N) is 1. The van der Waals surface area contributed by atoms with Crippen molar-refractivity contribution in [1.29, 1.82) is 0 Å². The summed E-state index contributed by atoms with van der Waals surface area (Å²) in [5.74, 6) is -2.86. The van der Waals surface area contributed by atoms with Crippen molar-refractivity contribution in [2.24, 2.45) is 17.8 Å². The van der Waals surface area contributed by atoms with E-state index in [-0.39, 0.29) is 43.8 Å². The van der Waals surface area contributed by atoms with Gasteiger partial charge in [-0.25, -0.2) is 4.79 Å². The summed E-state index contributed by atoms with van der Waals surface area (Å²) >= 11 is 0. The Hall–Kier alpha value is -3.71. The van der Waals surface area contributed by atoms with Crippen molar-refractivity contribution in [1.82, 2.24) is 34.3 Å². The number of benzene rings is 1. The molecule has 0 spiro atoms. The lowest BCUT2D eigenvalue weighted by atomic mass is 9.77. The second-order valence-corrected chi connectivity index (χ2v) is 21.8. The van der Waals surface area contributed by atoms with Gasteiger partial charge in [0.1, 0.15) is 30.0 Å². The number of aromatic amines is 1. The molecule has 3 aliphatic heterocycles. The number of aromatic nitrogens is 5. The van der Waals surface area contributed by atoms with E-state index in [2.05, 4.69) is 15.3 Å². The number of fused-ring (bicyclic) bond motifs is 1. The molecule has 21 heteroatoms. The van der Waals surface area contributed by atoms with Crippen LogP contribution in [0.1, 0.15) is 101 Å². The Morgan fingerprint density at radius 2 is 1.64 bits per heavy atom. The molecular weight excluding hydrogens is 935 g/mol. The monoisotopic (exact) mass is 1020 g/mol. The fourth-order valence-corrected chi connectivity index (χ4v) is 11.3. The second kappa shape index (κ2) is 23.5. The van der Waals surface area contributed by atoms with Crippen LogP contribution in [0.5, 0.6) is 0 Å². The summed E-state index contributed by atoms with van der Waals surface area (Å²) in [5.41, 5.74) is -4.35. The van der Waals surface area contributed by atoms with Gasteiger partial charge in [-0.15, -0.1) is 5.10 Å². The Balaban J connectivity index is 1.25. The van der Waals surface area contributed by atoms with E-state index in [0.29, 0.717) is 42.5 Å². The lowest BCUT2D eigenvalue weighted by Crippen LogP contribution is -2.61. The van der Waals surface area contributed by atoms with Crippen LogP contribution in [0, 0.1) is 17.8 Å². The molecule has 0 amide bonds. The maximum atomic E-state index is 14.5. The number of ether oxygens (including phenoxy) is 6. The van der Waals surface area contributed by atoms with E-state index < -0.39 is 114 Å². The number of hydrogen-bond donors (Lipinski definition) is 6. The Kier molecular flexibility index (Phi) is 18.7. The average molecular weight is 1020 g/mol. The molecule has 3 aromatic rings. The molecule has 6 N–H and O–H groups in total. The number of rotatable bonds is 13. The number of likely N-dealkylation sites (N-methyl/N-ethyl adjacent to an activating group) is 2. The molecule has 0 radical (unpaired) electrons. The largest absolute Gasteiger partial charge is 0.459 e. The van der Waals surface area contributed by atoms with Gasteiger partial charge in [-0.1, -0.05) is 38.1 Å². The van der Waals surface area contributed by atoms with E-state index in [4.69, 9.17) is 28.4 Å². The number of H-pyrrole nitrogens is 1. The zero-order valence-electron chi connectivity index (χ0n) is 44.5. The highest BCUT2D eigenvalue weighted by molar-refractivity contribution is 5.76. The number of aliphatic hydroxyl groups excluding tert-OH is 3. The minimum atomic E-state index is -1.85. The predicted octanol–water partition coefficient (Wildman–Crippen LogP) is 1.81. The van der Waals surface area contributed by atoms with Gasteiger partial charge in [0.05, 0.1) is 71.2 Å². The van der Waals surface area contributed by atoms with E-state index in [1.165, 1.54) is 14.0 Å². The maximum Gasteiger partial charge on any atom is 0.328 e. The first-order valence-electron chi connectivity index (χ1n) is 25.6. The van der Waals surface area contributed by atoms with Crippen LogP contribution >= 0.6 is 0 Å². The summed E-state index contributed by atoms with van der Waals surface area (Å²) in [4.78, 5) is 47.0. The van der Waals surface area contributed by atoms with E-state index in [9.17, 15) is 39.9 Å². The van der Waals surface area contributed by atoms with E-state index in [1.807, 2.05) is 37.7 Å². The van der Waals surface area contributed by atoms with Crippen LogP contribution in [0.2, 0.25) is 0 Å². The van der Waals surface area contributed by atoms with Gasteiger partial charge in [-0.3, -0.25) is 18.8 Å². The van der Waals surface area contributed by atoms with E-state index in [0.717, 1.165) is 4.57 Å². The molecule has 2 aromatic heterocycles. The van der Waals surface area contributed by atoms with E-state index >= 15 is 0 Å². The predicted molar refractivity (Wildman–Crippen MR) is 266 cm³/mol. The minimum absolute atomic E-state index is 0.0850. The van der Waals surface area contributed by atoms with Crippen molar-refractivity contribution in [3.8, 4) is 0 Å². The first kappa shape index (κ1) is 57.6. The molecule has 3 saturated heterocycles. The number of cyclic esters (lactones) is 1. The van der Waals surface area contributed by atoms with Crippen LogP contribution in [0.25, 0.3) is 10.9 Å². The molecule has 72 heavy (non-hydrogen) atoms. The number of methoxy groups -OCH3 is 1. The highest BCUT2D eigenvalue weighted by Crippen LogP contribution is 2.40. The van der Waals surface area contributed by atoms with Crippen LogP contribution in [-0.2, 0) is 52.7 Å². The number of aryl methyl sites for hydroxylation is 1. The third-order valence-corrected chi connectivity index (χ3v) is 15.9. The third kappa shape index (κ3) is 12.7. The molecule has 18 atom stereocenters. The molecule has 21 nitrogen and oxygen atoms in total. The normalized spacial score (nSPS) is 39.2. The van der Waals surface area contributed by atoms with Crippen molar-refractivity contribution in [3.05, 3.63) is 57.0 Å². The van der Waals surface area contributed by atoms with Crippen LogP contribution in [-0.4, -0.2) is 190 Å². The summed E-state index contributed by atoms with van der Waals surface area (Å²) in [5, 5.41) is 68.7. The number of para-hydroxylation sites is 1. The Bertz CT molecular complexity index is 2380. The molecule has 5 heterocycles. The molecular formula is C51H83N7O14. The van der Waals surface area contributed by atoms with Gasteiger partial charge in [-0.2, -0.15) is 0 Å². The highest BCUT2D eigenvalue weighted by atomic mass is 16.7. The van der Waals surface area contributed by atoms with Crippen LogP contribution in [0.15, 0.2) is 40.1 Å². The highest BCUT2D eigenvalue weighted by Gasteiger charge is 2.53. The number of carbonyl (C=O) groups excluding carboxylic acids is 1. The maximum absolute atomic E-state index is 14.5. The van der Waals surface area contributed by atoms with Gasteiger partial charge in [0.2, 0.25) is 0 Å². The number of esters is 1.